The van der Waals surface area contributed by atoms with Gasteiger partial charge in [-0.1, -0.05) is 51.2 Å². The zero-order valence-corrected chi connectivity index (χ0v) is 12.5. The van der Waals surface area contributed by atoms with E-state index in [-0.39, 0.29) is 0 Å². The van der Waals surface area contributed by atoms with E-state index in [2.05, 4.69) is 27.7 Å². The van der Waals surface area contributed by atoms with Gasteiger partial charge in [-0.25, -0.2) is 0 Å². The molecule has 0 amide bonds. The maximum absolute atomic E-state index is 2.45. The van der Waals surface area contributed by atoms with E-state index in [1.54, 1.807) is 5.57 Å². The van der Waals surface area contributed by atoms with Crippen LogP contribution >= 0.6 is 0 Å². The summed E-state index contributed by atoms with van der Waals surface area (Å²) in [7, 11) is 0. The second-order valence-electron chi connectivity index (χ2n) is 6.10. The van der Waals surface area contributed by atoms with Crippen molar-refractivity contribution in [1.82, 2.24) is 0 Å². The number of rotatable bonds is 5. The molecule has 1 rings (SSSR count). The third kappa shape index (κ3) is 4.85. The standard InChI is InChI=1S/C17H32/c1-5-7-8-12-17-15(4)11-9-10-14(3)13-16(17)6-2/h14,16H,5-13H2,1-4H3. The van der Waals surface area contributed by atoms with Crippen molar-refractivity contribution in [3.8, 4) is 0 Å². The van der Waals surface area contributed by atoms with Gasteiger partial charge in [0.1, 0.15) is 0 Å². The molecule has 0 N–H and O–H groups in total. The van der Waals surface area contributed by atoms with Crippen LogP contribution in [0.1, 0.15) is 85.5 Å². The minimum Gasteiger partial charge on any atom is -0.0738 e. The number of unbranched alkanes of at least 4 members (excludes halogenated alkanes) is 2. The smallest absolute Gasteiger partial charge is 0.0201 e. The molecule has 2 unspecified atom stereocenters. The molecule has 0 bridgehead atoms. The molecule has 1 aliphatic rings. The summed E-state index contributed by atoms with van der Waals surface area (Å²) in [4.78, 5) is 0. The highest BCUT2D eigenvalue weighted by Gasteiger charge is 2.20. The Morgan fingerprint density at radius 3 is 2.59 bits per heavy atom. The molecule has 0 heterocycles. The lowest BCUT2D eigenvalue weighted by Gasteiger charge is -2.28. The van der Waals surface area contributed by atoms with Crippen LogP contribution in [0.15, 0.2) is 11.1 Å². The first-order valence-electron chi connectivity index (χ1n) is 7.87. The van der Waals surface area contributed by atoms with E-state index in [0.717, 1.165) is 11.8 Å². The van der Waals surface area contributed by atoms with Crippen molar-refractivity contribution in [3.05, 3.63) is 11.1 Å². The molecule has 0 fully saturated rings. The molecule has 0 aromatic heterocycles. The first-order valence-corrected chi connectivity index (χ1v) is 7.87. The van der Waals surface area contributed by atoms with Crippen LogP contribution < -0.4 is 0 Å². The van der Waals surface area contributed by atoms with Crippen molar-refractivity contribution in [2.24, 2.45) is 11.8 Å². The lowest BCUT2D eigenvalue weighted by molar-refractivity contribution is 0.370. The van der Waals surface area contributed by atoms with E-state index in [1.807, 2.05) is 5.57 Å². The molecule has 0 saturated carbocycles. The fourth-order valence-corrected chi connectivity index (χ4v) is 3.37. The zero-order chi connectivity index (χ0) is 12.7. The molecule has 0 aliphatic heterocycles. The Morgan fingerprint density at radius 1 is 1.18 bits per heavy atom. The lowest BCUT2D eigenvalue weighted by Crippen LogP contribution is -2.13. The molecule has 0 radical (unpaired) electrons. The van der Waals surface area contributed by atoms with Crippen LogP contribution in [0.25, 0.3) is 0 Å². The summed E-state index contributed by atoms with van der Waals surface area (Å²) in [6, 6.07) is 0. The van der Waals surface area contributed by atoms with Crippen molar-refractivity contribution in [2.75, 3.05) is 0 Å². The van der Waals surface area contributed by atoms with Crippen LogP contribution in [0.2, 0.25) is 0 Å². The Bertz CT molecular complexity index is 236. The van der Waals surface area contributed by atoms with Gasteiger partial charge in [0.05, 0.1) is 0 Å². The molecule has 0 saturated heterocycles. The van der Waals surface area contributed by atoms with Crippen molar-refractivity contribution in [3.63, 3.8) is 0 Å². The lowest BCUT2D eigenvalue weighted by atomic mass is 9.78. The van der Waals surface area contributed by atoms with Gasteiger partial charge in [0.25, 0.3) is 0 Å². The summed E-state index contributed by atoms with van der Waals surface area (Å²) in [5.74, 6) is 1.83. The fraction of sp³-hybridized carbons (Fsp3) is 0.882. The number of hydrogen-bond acceptors (Lipinski definition) is 0. The van der Waals surface area contributed by atoms with E-state index in [4.69, 9.17) is 0 Å². The third-order valence-corrected chi connectivity index (χ3v) is 4.52. The summed E-state index contributed by atoms with van der Waals surface area (Å²) >= 11 is 0. The monoisotopic (exact) mass is 236 g/mol. The predicted octanol–water partition coefficient (Wildman–Crippen LogP) is 6.12. The molecular formula is C17H32. The summed E-state index contributed by atoms with van der Waals surface area (Å²) in [5.41, 5.74) is 3.58. The third-order valence-electron chi connectivity index (χ3n) is 4.52. The van der Waals surface area contributed by atoms with E-state index in [9.17, 15) is 0 Å². The highest BCUT2D eigenvalue weighted by molar-refractivity contribution is 5.16. The van der Waals surface area contributed by atoms with Gasteiger partial charge in [-0.05, 0) is 57.3 Å². The van der Waals surface area contributed by atoms with Crippen LogP contribution in [0.4, 0.5) is 0 Å². The minimum atomic E-state index is 0.891. The van der Waals surface area contributed by atoms with Gasteiger partial charge in [-0.3, -0.25) is 0 Å². The van der Waals surface area contributed by atoms with Crippen molar-refractivity contribution in [2.45, 2.75) is 85.5 Å². The molecule has 0 nitrogen and oxygen atoms in total. The van der Waals surface area contributed by atoms with E-state index in [1.165, 1.54) is 57.8 Å². The molecule has 1 aliphatic carbocycles. The second kappa shape index (κ2) is 7.95. The SMILES string of the molecule is CCCCCC1=C(C)CCCC(C)CC1CC. The first-order chi connectivity index (χ1) is 8.19. The quantitative estimate of drug-likeness (QED) is 0.398. The Labute approximate surface area is 109 Å². The number of allylic oxidation sites excluding steroid dienone is 2. The van der Waals surface area contributed by atoms with Gasteiger partial charge in [0, 0.05) is 0 Å². The van der Waals surface area contributed by atoms with Crippen molar-refractivity contribution < 1.29 is 0 Å². The largest absolute Gasteiger partial charge is 0.0738 e. The Kier molecular flexibility index (Phi) is 6.92. The highest BCUT2D eigenvalue weighted by Crippen LogP contribution is 2.35. The molecular weight excluding hydrogens is 204 g/mol. The molecule has 0 aromatic rings. The highest BCUT2D eigenvalue weighted by atomic mass is 14.3. The van der Waals surface area contributed by atoms with Gasteiger partial charge in [0.15, 0.2) is 0 Å². The van der Waals surface area contributed by atoms with Crippen LogP contribution in [-0.2, 0) is 0 Å². The van der Waals surface area contributed by atoms with Gasteiger partial charge in [-0.15, -0.1) is 0 Å². The first kappa shape index (κ1) is 14.8. The zero-order valence-electron chi connectivity index (χ0n) is 12.5. The number of hydrogen-bond donors (Lipinski definition) is 0. The van der Waals surface area contributed by atoms with E-state index in [0.29, 0.717) is 0 Å². The van der Waals surface area contributed by atoms with Crippen LogP contribution in [0.3, 0.4) is 0 Å². The molecule has 0 heteroatoms. The average Bonchev–Trinajstić information content (AvgIpc) is 2.30. The Morgan fingerprint density at radius 2 is 1.94 bits per heavy atom. The van der Waals surface area contributed by atoms with Crippen LogP contribution in [0.5, 0.6) is 0 Å². The predicted molar refractivity (Wildman–Crippen MR) is 78.3 cm³/mol. The van der Waals surface area contributed by atoms with Crippen LogP contribution in [0, 0.1) is 11.8 Å². The topological polar surface area (TPSA) is 0 Å². The maximum atomic E-state index is 2.45. The molecule has 0 aromatic carbocycles. The summed E-state index contributed by atoms with van der Waals surface area (Å²) < 4.78 is 0. The van der Waals surface area contributed by atoms with E-state index >= 15 is 0 Å². The maximum Gasteiger partial charge on any atom is -0.0201 e. The minimum absolute atomic E-state index is 0.891. The fourth-order valence-electron chi connectivity index (χ4n) is 3.37. The van der Waals surface area contributed by atoms with Gasteiger partial charge < -0.3 is 0 Å². The Balaban J connectivity index is 2.70. The van der Waals surface area contributed by atoms with Gasteiger partial charge in [-0.2, -0.15) is 0 Å². The summed E-state index contributed by atoms with van der Waals surface area (Å²) in [5, 5.41) is 0. The molecule has 100 valence electrons. The van der Waals surface area contributed by atoms with Crippen LogP contribution in [-0.4, -0.2) is 0 Å². The summed E-state index contributed by atoms with van der Waals surface area (Å²) in [6.07, 6.45) is 12.6. The molecule has 0 spiro atoms. The van der Waals surface area contributed by atoms with Crippen molar-refractivity contribution >= 4 is 0 Å². The van der Waals surface area contributed by atoms with Crippen molar-refractivity contribution in [1.29, 1.82) is 0 Å². The normalized spacial score (nSPS) is 26.8. The van der Waals surface area contributed by atoms with Gasteiger partial charge in [0.2, 0.25) is 0 Å². The second-order valence-corrected chi connectivity index (χ2v) is 6.10. The average molecular weight is 236 g/mol. The van der Waals surface area contributed by atoms with Gasteiger partial charge >= 0.3 is 0 Å². The summed E-state index contributed by atoms with van der Waals surface area (Å²) in [6.45, 7) is 9.54. The molecule has 2 atom stereocenters. The molecule has 17 heavy (non-hydrogen) atoms. The Hall–Kier alpha value is -0.260. The van der Waals surface area contributed by atoms with E-state index < -0.39 is 0 Å².